The van der Waals surface area contributed by atoms with Gasteiger partial charge in [-0.25, -0.2) is 8.42 Å². The molecule has 0 heterocycles. The van der Waals surface area contributed by atoms with Gasteiger partial charge in [-0.1, -0.05) is 24.6 Å². The van der Waals surface area contributed by atoms with E-state index in [0.717, 1.165) is 44.1 Å². The van der Waals surface area contributed by atoms with Crippen molar-refractivity contribution >= 4 is 9.84 Å². The molecule has 2 N–H and O–H groups in total. The standard InChI is InChI=1S/C14H19NO2S/c15-14(9-4-10-14)12-7-1-2-8-13(12)18(16,17)11-5-3-6-11/h1-2,7-8,11H,3-6,9-10,15H2. The first kappa shape index (κ1) is 12.2. The second kappa shape index (κ2) is 4.07. The van der Waals surface area contributed by atoms with E-state index in [2.05, 4.69) is 0 Å². The molecule has 0 aromatic heterocycles. The number of sulfone groups is 1. The van der Waals surface area contributed by atoms with E-state index in [-0.39, 0.29) is 5.25 Å². The fourth-order valence-corrected chi connectivity index (χ4v) is 4.97. The maximum Gasteiger partial charge on any atom is 0.181 e. The van der Waals surface area contributed by atoms with Gasteiger partial charge in [-0.2, -0.15) is 0 Å². The first-order valence-electron chi connectivity index (χ1n) is 6.66. The summed E-state index contributed by atoms with van der Waals surface area (Å²) < 4.78 is 25.1. The van der Waals surface area contributed by atoms with Crippen molar-refractivity contribution in [2.24, 2.45) is 5.73 Å². The molecule has 1 aromatic carbocycles. The van der Waals surface area contributed by atoms with Crippen LogP contribution in [0.5, 0.6) is 0 Å². The van der Waals surface area contributed by atoms with Gasteiger partial charge in [-0.3, -0.25) is 0 Å². The van der Waals surface area contributed by atoms with Crippen molar-refractivity contribution in [3.05, 3.63) is 29.8 Å². The Morgan fingerprint density at radius 3 is 2.28 bits per heavy atom. The molecule has 0 aliphatic heterocycles. The average Bonchev–Trinajstić information content (AvgIpc) is 2.23. The largest absolute Gasteiger partial charge is 0.321 e. The molecular formula is C14H19NO2S. The molecule has 98 valence electrons. The van der Waals surface area contributed by atoms with Gasteiger partial charge in [0.15, 0.2) is 9.84 Å². The Morgan fingerprint density at radius 1 is 1.11 bits per heavy atom. The summed E-state index contributed by atoms with van der Waals surface area (Å²) >= 11 is 0. The zero-order valence-corrected chi connectivity index (χ0v) is 11.2. The van der Waals surface area contributed by atoms with E-state index in [9.17, 15) is 8.42 Å². The highest BCUT2D eigenvalue weighted by Crippen LogP contribution is 2.43. The number of hydrogen-bond donors (Lipinski definition) is 1. The smallest absolute Gasteiger partial charge is 0.181 e. The van der Waals surface area contributed by atoms with Crippen molar-refractivity contribution in [1.29, 1.82) is 0 Å². The van der Waals surface area contributed by atoms with Crippen LogP contribution in [0, 0.1) is 0 Å². The van der Waals surface area contributed by atoms with Crippen molar-refractivity contribution in [3.63, 3.8) is 0 Å². The molecular weight excluding hydrogens is 246 g/mol. The minimum Gasteiger partial charge on any atom is -0.321 e. The highest BCUT2D eigenvalue weighted by Gasteiger charge is 2.41. The number of benzene rings is 1. The highest BCUT2D eigenvalue weighted by molar-refractivity contribution is 7.92. The third-order valence-corrected chi connectivity index (χ3v) is 6.78. The molecule has 4 heteroatoms. The van der Waals surface area contributed by atoms with Crippen LogP contribution in [0.25, 0.3) is 0 Å². The summed E-state index contributed by atoms with van der Waals surface area (Å²) in [5, 5.41) is -0.178. The molecule has 0 saturated heterocycles. The van der Waals surface area contributed by atoms with Crippen LogP contribution in [0.4, 0.5) is 0 Å². The predicted octanol–water partition coefficient (Wildman–Crippen LogP) is 2.35. The van der Waals surface area contributed by atoms with Crippen LogP contribution in [0.3, 0.4) is 0 Å². The van der Waals surface area contributed by atoms with Gasteiger partial charge in [0.2, 0.25) is 0 Å². The Bertz CT molecular complexity index is 557. The molecule has 3 nitrogen and oxygen atoms in total. The van der Waals surface area contributed by atoms with Crippen LogP contribution < -0.4 is 5.73 Å². The zero-order chi connectivity index (χ0) is 12.8. The molecule has 0 spiro atoms. The second-order valence-electron chi connectivity index (χ2n) is 5.60. The van der Waals surface area contributed by atoms with Crippen LogP contribution in [-0.4, -0.2) is 13.7 Å². The monoisotopic (exact) mass is 265 g/mol. The number of hydrogen-bond acceptors (Lipinski definition) is 3. The summed E-state index contributed by atoms with van der Waals surface area (Å²) in [7, 11) is -3.17. The number of nitrogens with two attached hydrogens (primary N) is 1. The minimum atomic E-state index is -3.17. The molecule has 2 aliphatic carbocycles. The topological polar surface area (TPSA) is 60.2 Å². The lowest BCUT2D eigenvalue weighted by atomic mass is 9.73. The molecule has 2 fully saturated rings. The third kappa shape index (κ3) is 1.70. The van der Waals surface area contributed by atoms with Crippen molar-refractivity contribution < 1.29 is 8.42 Å². The molecule has 1 aromatic rings. The van der Waals surface area contributed by atoms with Crippen molar-refractivity contribution in [3.8, 4) is 0 Å². The van der Waals surface area contributed by atoms with Crippen LogP contribution in [0.2, 0.25) is 0 Å². The predicted molar refractivity (Wildman–Crippen MR) is 71.0 cm³/mol. The highest BCUT2D eigenvalue weighted by atomic mass is 32.2. The van der Waals surface area contributed by atoms with Crippen LogP contribution >= 0.6 is 0 Å². The van der Waals surface area contributed by atoms with Gasteiger partial charge >= 0.3 is 0 Å². The molecule has 0 atom stereocenters. The van der Waals surface area contributed by atoms with E-state index in [1.807, 2.05) is 12.1 Å². The third-order valence-electron chi connectivity index (χ3n) is 4.47. The molecule has 18 heavy (non-hydrogen) atoms. The Kier molecular flexibility index (Phi) is 2.75. The number of rotatable bonds is 3. The van der Waals surface area contributed by atoms with Crippen LogP contribution in [-0.2, 0) is 15.4 Å². The van der Waals surface area contributed by atoms with Crippen molar-refractivity contribution in [1.82, 2.24) is 0 Å². The summed E-state index contributed by atoms with van der Waals surface area (Å²) in [6.45, 7) is 0. The molecule has 3 rings (SSSR count). The first-order chi connectivity index (χ1) is 8.54. The van der Waals surface area contributed by atoms with Crippen LogP contribution in [0.1, 0.15) is 44.1 Å². The maximum absolute atomic E-state index is 12.6. The lowest BCUT2D eigenvalue weighted by Crippen LogP contribution is -2.45. The summed E-state index contributed by atoms with van der Waals surface area (Å²) in [6.07, 6.45) is 5.50. The first-order valence-corrected chi connectivity index (χ1v) is 8.21. The SMILES string of the molecule is NC1(c2ccccc2S(=O)(=O)C2CCC2)CCC1. The van der Waals surface area contributed by atoms with E-state index in [4.69, 9.17) is 5.73 Å². The average molecular weight is 265 g/mol. The van der Waals surface area contributed by atoms with Gasteiger partial charge in [0.25, 0.3) is 0 Å². The lowest BCUT2D eigenvalue weighted by Gasteiger charge is -2.40. The Morgan fingerprint density at radius 2 is 1.78 bits per heavy atom. The Hall–Kier alpha value is -0.870. The zero-order valence-electron chi connectivity index (χ0n) is 10.4. The van der Waals surface area contributed by atoms with Gasteiger partial charge in [0, 0.05) is 5.54 Å². The van der Waals surface area contributed by atoms with Gasteiger partial charge in [0.1, 0.15) is 0 Å². The summed E-state index contributed by atoms with van der Waals surface area (Å²) in [5.74, 6) is 0. The summed E-state index contributed by atoms with van der Waals surface area (Å²) in [5.41, 5.74) is 6.74. The summed E-state index contributed by atoms with van der Waals surface area (Å²) in [4.78, 5) is 0.483. The molecule has 0 amide bonds. The fraction of sp³-hybridized carbons (Fsp3) is 0.571. The molecule has 2 aliphatic rings. The van der Waals surface area contributed by atoms with Gasteiger partial charge in [0.05, 0.1) is 10.1 Å². The fourth-order valence-electron chi connectivity index (χ4n) is 2.81. The van der Waals surface area contributed by atoms with E-state index in [1.54, 1.807) is 12.1 Å². The van der Waals surface area contributed by atoms with E-state index >= 15 is 0 Å². The van der Waals surface area contributed by atoms with Gasteiger partial charge in [-0.05, 0) is 43.7 Å². The normalized spacial score (nSPS) is 23.2. The van der Waals surface area contributed by atoms with Crippen molar-refractivity contribution in [2.45, 2.75) is 54.2 Å². The Labute approximate surface area is 108 Å². The maximum atomic E-state index is 12.6. The Balaban J connectivity index is 2.06. The van der Waals surface area contributed by atoms with Crippen LogP contribution in [0.15, 0.2) is 29.2 Å². The molecule has 0 unspecified atom stereocenters. The molecule has 0 bridgehead atoms. The quantitative estimate of drug-likeness (QED) is 0.912. The summed E-state index contributed by atoms with van der Waals surface area (Å²) in [6, 6.07) is 7.32. The van der Waals surface area contributed by atoms with Gasteiger partial charge in [-0.15, -0.1) is 0 Å². The van der Waals surface area contributed by atoms with Crippen molar-refractivity contribution in [2.75, 3.05) is 0 Å². The molecule has 2 saturated carbocycles. The van der Waals surface area contributed by atoms with E-state index in [1.165, 1.54) is 0 Å². The van der Waals surface area contributed by atoms with E-state index in [0.29, 0.717) is 4.90 Å². The lowest BCUT2D eigenvalue weighted by molar-refractivity contribution is 0.248. The second-order valence-corrected chi connectivity index (χ2v) is 7.80. The minimum absolute atomic E-state index is 0.178. The van der Waals surface area contributed by atoms with E-state index < -0.39 is 15.4 Å². The molecule has 0 radical (unpaired) electrons. The van der Waals surface area contributed by atoms with Gasteiger partial charge < -0.3 is 5.73 Å².